The summed E-state index contributed by atoms with van der Waals surface area (Å²) in [6.07, 6.45) is 31.8. The molecule has 66 heavy (non-hydrogen) atoms. The Morgan fingerprint density at radius 2 is 1.23 bits per heavy atom. The molecular formula is C52H89NO12P+. The topological polar surface area (TPSA) is 182 Å². The maximum Gasteiger partial charge on any atom is 0.472 e. The average Bonchev–Trinajstić information content (AvgIpc) is 3.53. The van der Waals surface area contributed by atoms with Crippen LogP contribution in [-0.2, 0) is 45.5 Å². The maximum atomic E-state index is 12.8. The van der Waals surface area contributed by atoms with Gasteiger partial charge in [-0.1, -0.05) is 139 Å². The Labute approximate surface area is 398 Å². The molecule has 0 aliphatic rings. The Hall–Kier alpha value is -3.13. The number of allylic oxidation sites excluding steroid dienone is 7. The van der Waals surface area contributed by atoms with Crippen molar-refractivity contribution in [2.75, 3.05) is 47.5 Å². The van der Waals surface area contributed by atoms with E-state index in [1.807, 2.05) is 40.2 Å². The molecule has 0 spiro atoms. The molecule has 1 aromatic heterocycles. The first-order valence-electron chi connectivity index (χ1n) is 24.7. The zero-order valence-electron chi connectivity index (χ0n) is 41.7. The number of carbonyl (C=O) groups excluding carboxylic acids is 2. The van der Waals surface area contributed by atoms with Gasteiger partial charge in [0.1, 0.15) is 31.3 Å². The lowest BCUT2D eigenvalue weighted by atomic mass is 10.0. The molecule has 0 saturated carbocycles. The van der Waals surface area contributed by atoms with E-state index in [-0.39, 0.29) is 38.9 Å². The molecule has 0 amide bonds. The van der Waals surface area contributed by atoms with Crippen LogP contribution in [0.4, 0.5) is 0 Å². The zero-order chi connectivity index (χ0) is 49.1. The molecule has 1 heterocycles. The summed E-state index contributed by atoms with van der Waals surface area (Å²) in [5.41, 5.74) is 2.66. The fourth-order valence-electron chi connectivity index (χ4n) is 6.83. The minimum absolute atomic E-state index is 0.0406. The van der Waals surface area contributed by atoms with Crippen molar-refractivity contribution in [3.63, 3.8) is 0 Å². The molecule has 4 N–H and O–H groups in total. The molecule has 0 aliphatic carbocycles. The molecule has 0 aromatic carbocycles. The molecule has 0 fully saturated rings. The highest BCUT2D eigenvalue weighted by Crippen LogP contribution is 2.43. The van der Waals surface area contributed by atoms with Gasteiger partial charge in [0.05, 0.1) is 46.1 Å². The van der Waals surface area contributed by atoms with E-state index in [1.165, 1.54) is 80.1 Å². The third kappa shape index (κ3) is 32.6. The van der Waals surface area contributed by atoms with Crippen molar-refractivity contribution in [2.24, 2.45) is 0 Å². The number of phosphoric ester groups is 1. The lowest BCUT2D eigenvalue weighted by Gasteiger charge is -2.24. The number of aliphatic hydroxyl groups is 3. The summed E-state index contributed by atoms with van der Waals surface area (Å²) in [7, 11) is 1.23. The second-order valence-electron chi connectivity index (χ2n) is 18.3. The molecule has 0 aliphatic heterocycles. The van der Waals surface area contributed by atoms with Crippen molar-refractivity contribution < 1.29 is 61.8 Å². The number of phosphoric acid groups is 1. The van der Waals surface area contributed by atoms with E-state index in [1.54, 1.807) is 42.5 Å². The van der Waals surface area contributed by atoms with Crippen molar-refractivity contribution in [1.82, 2.24) is 0 Å². The third-order valence-electron chi connectivity index (χ3n) is 11.1. The van der Waals surface area contributed by atoms with Crippen molar-refractivity contribution in [2.45, 2.75) is 187 Å². The second-order valence-corrected chi connectivity index (χ2v) is 19.7. The predicted molar refractivity (Wildman–Crippen MR) is 264 cm³/mol. The Kier molecular flexibility index (Phi) is 34.0. The summed E-state index contributed by atoms with van der Waals surface area (Å²) < 4.78 is 40.4. The largest absolute Gasteiger partial charge is 0.472 e. The van der Waals surface area contributed by atoms with Crippen LogP contribution in [0.1, 0.15) is 158 Å². The van der Waals surface area contributed by atoms with E-state index < -0.39 is 50.8 Å². The average molecular weight is 951 g/mol. The van der Waals surface area contributed by atoms with Crippen molar-refractivity contribution >= 4 is 19.8 Å². The lowest BCUT2D eigenvalue weighted by Crippen LogP contribution is -2.37. The molecule has 5 atom stereocenters. The number of unbranched alkanes of at least 4 members (excludes halogenated alkanes) is 11. The summed E-state index contributed by atoms with van der Waals surface area (Å²) in [6.45, 7) is 8.14. The van der Waals surface area contributed by atoms with E-state index >= 15 is 0 Å². The molecule has 1 aromatic rings. The van der Waals surface area contributed by atoms with Crippen LogP contribution in [0.2, 0.25) is 0 Å². The Morgan fingerprint density at radius 3 is 1.82 bits per heavy atom. The first-order valence-corrected chi connectivity index (χ1v) is 26.2. The molecule has 1 rings (SSSR count). The molecule has 13 nitrogen and oxygen atoms in total. The Bertz CT molecular complexity index is 1640. The SMILES string of the molecule is CC/C=C\C[C@H](O)/C=C/C=C/C=C\C=C/[C@@H](O)[C@H](O)CCCC(=O)O[C@H](COC(=O)CCCCCCCCCCCCc1oc(CCCCC)c(C)c1C)COP(=O)(O)OCC[N+](C)(C)C. The normalized spacial score (nSPS) is 15.4. The first kappa shape index (κ1) is 60.9. The number of rotatable bonds is 40. The highest BCUT2D eigenvalue weighted by Gasteiger charge is 2.27. The molecule has 378 valence electrons. The summed E-state index contributed by atoms with van der Waals surface area (Å²) in [6, 6.07) is 0. The number of carbonyl (C=O) groups is 2. The third-order valence-corrected chi connectivity index (χ3v) is 12.1. The highest BCUT2D eigenvalue weighted by molar-refractivity contribution is 7.47. The van der Waals surface area contributed by atoms with Gasteiger partial charge in [-0.15, -0.1) is 0 Å². The van der Waals surface area contributed by atoms with Crippen LogP contribution < -0.4 is 0 Å². The van der Waals surface area contributed by atoms with Gasteiger partial charge in [-0.3, -0.25) is 18.6 Å². The predicted octanol–water partition coefficient (Wildman–Crippen LogP) is 10.6. The van der Waals surface area contributed by atoms with Crippen LogP contribution in [0.15, 0.2) is 65.2 Å². The number of hydrogen-bond donors (Lipinski definition) is 4. The van der Waals surface area contributed by atoms with E-state index in [4.69, 9.17) is 22.9 Å². The maximum absolute atomic E-state index is 12.8. The molecule has 14 heteroatoms. The standard InChI is InChI=1S/C52H88NO12P/c1-8-10-24-31-45(54)32-26-20-18-19-21-27-33-47(55)48(56)34-30-38-52(58)64-46(42-63-66(59,60)62-40-39-53(5,6)7)41-61-51(57)37-29-23-17-15-13-12-14-16-22-28-36-50-44(4)43(3)49(65-50)35-25-11-9-2/h10,18-21,24,26-27,32-33,45-48,54-56H,8-9,11-17,22-23,25,28-31,34-42H2,1-7H3/p+1/b20-18+,21-19-,24-10-,32-26+,33-27-/t45-,46+,47+,48+/m0/s1. The van der Waals surface area contributed by atoms with Gasteiger partial charge in [0.25, 0.3) is 0 Å². The summed E-state index contributed by atoms with van der Waals surface area (Å²) in [4.78, 5) is 35.6. The molecular weight excluding hydrogens is 862 g/mol. The van der Waals surface area contributed by atoms with Crippen LogP contribution in [0.3, 0.4) is 0 Å². The molecule has 0 radical (unpaired) electrons. The highest BCUT2D eigenvalue weighted by atomic mass is 31.2. The fraction of sp³-hybridized carbons (Fsp3) is 0.692. The van der Waals surface area contributed by atoms with Gasteiger partial charge in [0.2, 0.25) is 0 Å². The van der Waals surface area contributed by atoms with E-state index in [9.17, 15) is 34.4 Å². The van der Waals surface area contributed by atoms with Crippen LogP contribution in [0, 0.1) is 13.8 Å². The number of likely N-dealkylation sites (N-methyl/N-ethyl adjacent to an activating group) is 1. The lowest BCUT2D eigenvalue weighted by molar-refractivity contribution is -0.870. The molecule has 0 bridgehead atoms. The second kappa shape index (κ2) is 36.9. The van der Waals surface area contributed by atoms with Gasteiger partial charge in [-0.2, -0.15) is 0 Å². The van der Waals surface area contributed by atoms with Gasteiger partial charge in [-0.25, -0.2) is 4.57 Å². The number of quaternary nitrogens is 1. The number of esters is 2. The number of aliphatic hydroxyl groups excluding tert-OH is 3. The number of ether oxygens (including phenoxy) is 2. The molecule has 0 saturated heterocycles. The summed E-state index contributed by atoms with van der Waals surface area (Å²) in [5.74, 6) is 1.19. The van der Waals surface area contributed by atoms with Gasteiger partial charge in [0, 0.05) is 25.7 Å². The Morgan fingerprint density at radius 1 is 0.682 bits per heavy atom. The first-order chi connectivity index (χ1) is 31.5. The number of furan rings is 1. The fourth-order valence-corrected chi connectivity index (χ4v) is 7.57. The number of aryl methyl sites for hydroxylation is 2. The minimum atomic E-state index is -4.49. The van der Waals surface area contributed by atoms with Gasteiger partial charge in [0.15, 0.2) is 6.10 Å². The molecule has 1 unspecified atom stereocenters. The van der Waals surface area contributed by atoms with Crippen molar-refractivity contribution in [1.29, 1.82) is 0 Å². The van der Waals surface area contributed by atoms with Crippen LogP contribution in [0.25, 0.3) is 0 Å². The van der Waals surface area contributed by atoms with E-state index in [0.29, 0.717) is 23.9 Å². The van der Waals surface area contributed by atoms with Gasteiger partial charge in [-0.05, 0) is 69.9 Å². The van der Waals surface area contributed by atoms with Crippen LogP contribution >= 0.6 is 7.82 Å². The van der Waals surface area contributed by atoms with E-state index in [2.05, 4.69) is 20.8 Å². The smallest absolute Gasteiger partial charge is 0.466 e. The van der Waals surface area contributed by atoms with Gasteiger partial charge < -0.3 is 38.6 Å². The van der Waals surface area contributed by atoms with Gasteiger partial charge >= 0.3 is 19.8 Å². The summed E-state index contributed by atoms with van der Waals surface area (Å²) in [5, 5.41) is 30.6. The van der Waals surface area contributed by atoms with Crippen LogP contribution in [-0.4, -0.2) is 109 Å². The minimum Gasteiger partial charge on any atom is -0.466 e. The number of nitrogens with zero attached hydrogens (tertiary/aromatic N) is 1. The van der Waals surface area contributed by atoms with Crippen molar-refractivity contribution in [3.8, 4) is 0 Å². The Balaban J connectivity index is 2.44. The monoisotopic (exact) mass is 951 g/mol. The van der Waals surface area contributed by atoms with E-state index in [0.717, 1.165) is 44.9 Å². The number of hydrogen-bond acceptors (Lipinski definition) is 11. The van der Waals surface area contributed by atoms with Crippen molar-refractivity contribution in [3.05, 3.63) is 83.4 Å². The van der Waals surface area contributed by atoms with Crippen LogP contribution in [0.5, 0.6) is 0 Å². The quantitative estimate of drug-likeness (QED) is 0.0122. The summed E-state index contributed by atoms with van der Waals surface area (Å²) >= 11 is 0. The zero-order valence-corrected chi connectivity index (χ0v) is 42.6.